The van der Waals surface area contributed by atoms with E-state index in [4.69, 9.17) is 9.72 Å². The van der Waals surface area contributed by atoms with Gasteiger partial charge in [0.15, 0.2) is 0 Å². The van der Waals surface area contributed by atoms with Gasteiger partial charge in [-0.15, -0.1) is 0 Å². The summed E-state index contributed by atoms with van der Waals surface area (Å²) in [6, 6.07) is 11.6. The Hall–Kier alpha value is -3.36. The largest absolute Gasteiger partial charge is 0.383 e. The Morgan fingerprint density at radius 1 is 1.16 bits per heavy atom. The third kappa shape index (κ3) is 4.92. The molecule has 4 rings (SSSR count). The zero-order chi connectivity index (χ0) is 22.4. The maximum atomic E-state index is 13.5. The summed E-state index contributed by atoms with van der Waals surface area (Å²) in [7, 11) is 1.69. The summed E-state index contributed by atoms with van der Waals surface area (Å²) in [6.07, 6.45) is 6.92. The van der Waals surface area contributed by atoms with Crippen molar-refractivity contribution in [2.24, 2.45) is 0 Å². The molecule has 0 aromatic carbocycles. The zero-order valence-electron chi connectivity index (χ0n) is 18.4. The first-order chi connectivity index (χ1) is 15.6. The highest BCUT2D eigenvalue weighted by Gasteiger charge is 2.43. The molecule has 166 valence electrons. The maximum Gasteiger partial charge on any atom is 0.233 e. The fourth-order valence-corrected chi connectivity index (χ4v) is 4.00. The summed E-state index contributed by atoms with van der Waals surface area (Å²) in [4.78, 5) is 28.8. The summed E-state index contributed by atoms with van der Waals surface area (Å²) in [6.45, 7) is 5.06. The van der Waals surface area contributed by atoms with Crippen molar-refractivity contribution in [1.82, 2.24) is 25.2 Å². The van der Waals surface area contributed by atoms with Crippen LogP contribution in [-0.2, 0) is 28.0 Å². The number of rotatable bonds is 8. The molecule has 3 aromatic heterocycles. The van der Waals surface area contributed by atoms with Crippen molar-refractivity contribution >= 4 is 17.4 Å². The van der Waals surface area contributed by atoms with Crippen molar-refractivity contribution in [3.8, 4) is 0 Å². The predicted octanol–water partition coefficient (Wildman–Crippen LogP) is 2.65. The minimum Gasteiger partial charge on any atom is -0.383 e. The van der Waals surface area contributed by atoms with Crippen LogP contribution in [0.5, 0.6) is 0 Å². The van der Waals surface area contributed by atoms with Gasteiger partial charge >= 0.3 is 0 Å². The van der Waals surface area contributed by atoms with Crippen LogP contribution >= 0.6 is 0 Å². The van der Waals surface area contributed by atoms with E-state index in [1.807, 2.05) is 43.3 Å². The SMILES string of the molecule is COCCN1Cc2ccc(Nc3cccnc3)nc2C(C)(C(=O)NCc2ccncc2)C1. The molecule has 1 amide bonds. The van der Waals surface area contributed by atoms with Crippen LogP contribution < -0.4 is 10.6 Å². The number of fused-ring (bicyclic) bond motifs is 1. The van der Waals surface area contributed by atoms with E-state index in [0.717, 1.165) is 35.6 Å². The van der Waals surface area contributed by atoms with Crippen molar-refractivity contribution in [2.45, 2.75) is 25.4 Å². The molecule has 2 N–H and O–H groups in total. The number of carbonyl (C=O) groups is 1. The number of hydrogen-bond acceptors (Lipinski definition) is 7. The third-order valence-electron chi connectivity index (χ3n) is 5.68. The molecule has 4 heterocycles. The Balaban J connectivity index is 1.61. The van der Waals surface area contributed by atoms with E-state index in [1.165, 1.54) is 0 Å². The van der Waals surface area contributed by atoms with Crippen LogP contribution in [0.3, 0.4) is 0 Å². The van der Waals surface area contributed by atoms with Gasteiger partial charge < -0.3 is 15.4 Å². The van der Waals surface area contributed by atoms with E-state index in [9.17, 15) is 4.79 Å². The second kappa shape index (κ2) is 9.84. The molecule has 1 aliphatic heterocycles. The molecule has 8 heteroatoms. The molecule has 0 bridgehead atoms. The predicted molar refractivity (Wildman–Crippen MR) is 122 cm³/mol. The molecular formula is C24H28N6O2. The molecule has 0 aliphatic carbocycles. The number of methoxy groups -OCH3 is 1. The van der Waals surface area contributed by atoms with Crippen molar-refractivity contribution in [3.05, 3.63) is 78.0 Å². The molecule has 0 radical (unpaired) electrons. The first kappa shape index (κ1) is 21.9. The second-order valence-corrected chi connectivity index (χ2v) is 8.14. The van der Waals surface area contributed by atoms with Gasteiger partial charge in [-0.05, 0) is 48.4 Å². The molecule has 3 aromatic rings. The summed E-state index contributed by atoms with van der Waals surface area (Å²) in [5, 5.41) is 6.39. The lowest BCUT2D eigenvalue weighted by atomic mass is 9.79. The van der Waals surface area contributed by atoms with E-state index in [-0.39, 0.29) is 5.91 Å². The molecule has 8 nitrogen and oxygen atoms in total. The first-order valence-corrected chi connectivity index (χ1v) is 10.6. The van der Waals surface area contributed by atoms with Crippen molar-refractivity contribution in [3.63, 3.8) is 0 Å². The molecule has 32 heavy (non-hydrogen) atoms. The molecule has 1 atom stereocenters. The fourth-order valence-electron chi connectivity index (χ4n) is 4.00. The van der Waals surface area contributed by atoms with E-state index >= 15 is 0 Å². The van der Waals surface area contributed by atoms with Crippen LogP contribution in [0.1, 0.15) is 23.7 Å². The van der Waals surface area contributed by atoms with E-state index < -0.39 is 5.41 Å². The van der Waals surface area contributed by atoms with Crippen molar-refractivity contribution in [2.75, 3.05) is 32.1 Å². The standard InChI is InChI=1S/C24H28N6O2/c1-24(23(31)27-14-18-7-10-25-11-8-18)17-30(12-13-32-2)16-19-5-6-21(29-22(19)24)28-20-4-3-9-26-15-20/h3-11,15H,12-14,16-17H2,1-2H3,(H,27,31)(H,28,29). The minimum absolute atomic E-state index is 0.0521. The van der Waals surface area contributed by atoms with Crippen LogP contribution in [0, 0.1) is 0 Å². The second-order valence-electron chi connectivity index (χ2n) is 8.14. The molecule has 0 spiro atoms. The first-order valence-electron chi connectivity index (χ1n) is 10.6. The van der Waals surface area contributed by atoms with Gasteiger partial charge in [0.2, 0.25) is 5.91 Å². The lowest BCUT2D eigenvalue weighted by Crippen LogP contribution is -2.53. The van der Waals surface area contributed by atoms with Crippen LogP contribution in [0.15, 0.2) is 61.2 Å². The smallest absolute Gasteiger partial charge is 0.233 e. The number of ether oxygens (including phenoxy) is 1. The van der Waals surface area contributed by atoms with Gasteiger partial charge in [-0.2, -0.15) is 0 Å². The van der Waals surface area contributed by atoms with Gasteiger partial charge in [0, 0.05) is 51.9 Å². The molecule has 0 fully saturated rings. The Morgan fingerprint density at radius 3 is 2.75 bits per heavy atom. The van der Waals surface area contributed by atoms with Gasteiger partial charge in [-0.3, -0.25) is 19.7 Å². The molecule has 0 saturated heterocycles. The molecular weight excluding hydrogens is 404 g/mol. The summed E-state index contributed by atoms with van der Waals surface area (Å²) in [5.41, 5.74) is 2.89. The van der Waals surface area contributed by atoms with Crippen LogP contribution in [0.4, 0.5) is 11.5 Å². The number of nitrogens with zero attached hydrogens (tertiary/aromatic N) is 4. The van der Waals surface area contributed by atoms with Gasteiger partial charge in [0.25, 0.3) is 0 Å². The average molecular weight is 433 g/mol. The van der Waals surface area contributed by atoms with Crippen molar-refractivity contribution in [1.29, 1.82) is 0 Å². The molecule has 1 aliphatic rings. The van der Waals surface area contributed by atoms with Gasteiger partial charge in [0.05, 0.1) is 24.2 Å². The number of anilines is 2. The van der Waals surface area contributed by atoms with Gasteiger partial charge in [-0.1, -0.05) is 6.07 Å². The lowest BCUT2D eigenvalue weighted by Gasteiger charge is -2.40. The van der Waals surface area contributed by atoms with Gasteiger partial charge in [0.1, 0.15) is 11.2 Å². The van der Waals surface area contributed by atoms with Gasteiger partial charge in [-0.25, -0.2) is 4.98 Å². The Kier molecular flexibility index (Phi) is 6.72. The zero-order valence-corrected chi connectivity index (χ0v) is 18.4. The summed E-state index contributed by atoms with van der Waals surface area (Å²) in [5.74, 6) is 0.638. The Morgan fingerprint density at radius 2 is 2.00 bits per heavy atom. The number of amides is 1. The van der Waals surface area contributed by atoms with Crippen molar-refractivity contribution < 1.29 is 9.53 Å². The number of hydrogen-bond donors (Lipinski definition) is 2. The Labute approximate surface area is 188 Å². The maximum absolute atomic E-state index is 13.5. The minimum atomic E-state index is -0.805. The number of aromatic nitrogens is 3. The highest BCUT2D eigenvalue weighted by atomic mass is 16.5. The summed E-state index contributed by atoms with van der Waals surface area (Å²) >= 11 is 0. The monoisotopic (exact) mass is 432 g/mol. The average Bonchev–Trinajstić information content (AvgIpc) is 2.83. The lowest BCUT2D eigenvalue weighted by molar-refractivity contribution is -0.128. The normalized spacial score (nSPS) is 18.1. The third-order valence-corrected chi connectivity index (χ3v) is 5.68. The number of pyridine rings is 3. The molecule has 1 unspecified atom stereocenters. The van der Waals surface area contributed by atoms with E-state index in [1.54, 1.807) is 31.9 Å². The highest BCUT2D eigenvalue weighted by molar-refractivity contribution is 5.88. The topological polar surface area (TPSA) is 92.3 Å². The summed E-state index contributed by atoms with van der Waals surface area (Å²) < 4.78 is 5.27. The highest BCUT2D eigenvalue weighted by Crippen LogP contribution is 2.34. The van der Waals surface area contributed by atoms with Crippen LogP contribution in [-0.4, -0.2) is 52.6 Å². The number of carbonyl (C=O) groups excluding carboxylic acids is 1. The fraction of sp³-hybridized carbons (Fsp3) is 0.333. The van der Waals surface area contributed by atoms with E-state index in [2.05, 4.69) is 25.5 Å². The molecule has 0 saturated carbocycles. The van der Waals surface area contributed by atoms with Crippen LogP contribution in [0.2, 0.25) is 0 Å². The number of nitrogens with one attached hydrogen (secondary N) is 2. The Bertz CT molecular complexity index is 1050. The van der Waals surface area contributed by atoms with Crippen LogP contribution in [0.25, 0.3) is 0 Å². The quantitative estimate of drug-likeness (QED) is 0.565. The van der Waals surface area contributed by atoms with E-state index in [0.29, 0.717) is 25.5 Å².